The maximum Gasteiger partial charge on any atom is 0.322 e. The number of carbonyl (C=O) groups excluding carboxylic acids is 1. The van der Waals surface area contributed by atoms with E-state index in [0.717, 1.165) is 30.9 Å². The summed E-state index contributed by atoms with van der Waals surface area (Å²) in [4.78, 5) is 14.5. The Balaban J connectivity index is 1.66. The molecule has 1 aromatic carbocycles. The number of hydrogen-bond donors (Lipinski definition) is 1. The highest BCUT2D eigenvalue weighted by Crippen LogP contribution is 2.19. The fraction of sp³-hybridized carbons (Fsp3) is 0.450. The molecule has 1 aromatic heterocycles. The third kappa shape index (κ3) is 4.86. The van der Waals surface area contributed by atoms with Gasteiger partial charge in [-0.05, 0) is 48.6 Å². The first kappa shape index (κ1) is 17.5. The molecule has 0 aliphatic carbocycles. The standard InChI is InChI=1S/C20H26N2O3/c1-15(2)16-7-9-17(10-8-16)21-20(23)22(13-18-5-3-11-24-18)14-19-6-4-12-25-19/h3,5,7-11,15,19H,4,6,12-14H2,1-2H3,(H,21,23)/t19-/m0/s1. The lowest BCUT2D eigenvalue weighted by atomic mass is 10.0. The zero-order valence-electron chi connectivity index (χ0n) is 14.9. The maximum atomic E-state index is 12.8. The van der Waals surface area contributed by atoms with Gasteiger partial charge in [0.05, 0.1) is 18.9 Å². The summed E-state index contributed by atoms with van der Waals surface area (Å²) in [6, 6.07) is 11.6. The van der Waals surface area contributed by atoms with Crippen LogP contribution in [0.2, 0.25) is 0 Å². The van der Waals surface area contributed by atoms with E-state index in [9.17, 15) is 4.79 Å². The summed E-state index contributed by atoms with van der Waals surface area (Å²) >= 11 is 0. The summed E-state index contributed by atoms with van der Waals surface area (Å²) in [6.07, 6.45) is 3.77. The monoisotopic (exact) mass is 342 g/mol. The van der Waals surface area contributed by atoms with Crippen LogP contribution in [0.15, 0.2) is 47.1 Å². The Morgan fingerprint density at radius 2 is 2.08 bits per heavy atom. The van der Waals surface area contributed by atoms with Crippen molar-refractivity contribution >= 4 is 11.7 Å². The first-order valence-corrected chi connectivity index (χ1v) is 8.91. The SMILES string of the molecule is CC(C)c1ccc(NC(=O)N(Cc2ccco2)C[C@@H]2CCCO2)cc1. The molecule has 0 spiro atoms. The molecule has 0 bridgehead atoms. The fourth-order valence-corrected chi connectivity index (χ4v) is 3.00. The molecule has 1 atom stereocenters. The summed E-state index contributed by atoms with van der Waals surface area (Å²) in [7, 11) is 0. The molecular formula is C20H26N2O3. The van der Waals surface area contributed by atoms with Crippen molar-refractivity contribution in [3.63, 3.8) is 0 Å². The minimum absolute atomic E-state index is 0.101. The molecule has 0 radical (unpaired) electrons. The first-order chi connectivity index (χ1) is 12.1. The number of hydrogen-bond acceptors (Lipinski definition) is 3. The van der Waals surface area contributed by atoms with Gasteiger partial charge in [-0.25, -0.2) is 4.79 Å². The molecule has 134 valence electrons. The van der Waals surface area contributed by atoms with Crippen molar-refractivity contribution in [2.45, 2.75) is 45.3 Å². The predicted octanol–water partition coefficient (Wildman–Crippen LogP) is 4.62. The Kier molecular flexibility index (Phi) is 5.76. The number of nitrogens with zero attached hydrogens (tertiary/aromatic N) is 1. The lowest BCUT2D eigenvalue weighted by molar-refractivity contribution is 0.0803. The number of urea groups is 1. The van der Waals surface area contributed by atoms with Gasteiger partial charge in [0, 0.05) is 18.8 Å². The van der Waals surface area contributed by atoms with Gasteiger partial charge in [-0.15, -0.1) is 0 Å². The largest absolute Gasteiger partial charge is 0.467 e. The highest BCUT2D eigenvalue weighted by atomic mass is 16.5. The number of nitrogens with one attached hydrogen (secondary N) is 1. The average molecular weight is 342 g/mol. The molecule has 2 amide bonds. The molecule has 1 saturated heterocycles. The van der Waals surface area contributed by atoms with E-state index in [-0.39, 0.29) is 12.1 Å². The van der Waals surface area contributed by atoms with Gasteiger partial charge in [0.2, 0.25) is 0 Å². The fourth-order valence-electron chi connectivity index (χ4n) is 3.00. The molecule has 1 N–H and O–H groups in total. The van der Waals surface area contributed by atoms with Crippen LogP contribution in [0.5, 0.6) is 0 Å². The van der Waals surface area contributed by atoms with E-state index in [1.807, 2.05) is 24.3 Å². The van der Waals surface area contributed by atoms with Crippen molar-refractivity contribution in [2.75, 3.05) is 18.5 Å². The second kappa shape index (κ2) is 8.21. The van der Waals surface area contributed by atoms with Crippen molar-refractivity contribution in [1.29, 1.82) is 0 Å². The van der Waals surface area contributed by atoms with Gasteiger partial charge in [-0.3, -0.25) is 0 Å². The van der Waals surface area contributed by atoms with Crippen LogP contribution in [0.3, 0.4) is 0 Å². The van der Waals surface area contributed by atoms with Crippen molar-refractivity contribution < 1.29 is 13.9 Å². The number of anilines is 1. The van der Waals surface area contributed by atoms with Crippen molar-refractivity contribution in [1.82, 2.24) is 4.90 Å². The lowest BCUT2D eigenvalue weighted by Gasteiger charge is -2.25. The zero-order chi connectivity index (χ0) is 17.6. The maximum absolute atomic E-state index is 12.8. The smallest absolute Gasteiger partial charge is 0.322 e. The quantitative estimate of drug-likeness (QED) is 0.833. The van der Waals surface area contributed by atoms with E-state index < -0.39 is 0 Å². The van der Waals surface area contributed by atoms with E-state index in [4.69, 9.17) is 9.15 Å². The molecule has 5 nitrogen and oxygen atoms in total. The van der Waals surface area contributed by atoms with Crippen LogP contribution in [0.25, 0.3) is 0 Å². The third-order valence-electron chi connectivity index (χ3n) is 4.49. The summed E-state index contributed by atoms with van der Waals surface area (Å²) in [5.74, 6) is 1.24. The van der Waals surface area contributed by atoms with Crippen LogP contribution in [0.4, 0.5) is 10.5 Å². The van der Waals surface area contributed by atoms with Gasteiger partial charge in [-0.1, -0.05) is 26.0 Å². The topological polar surface area (TPSA) is 54.7 Å². The summed E-state index contributed by atoms with van der Waals surface area (Å²) < 4.78 is 11.1. The highest BCUT2D eigenvalue weighted by Gasteiger charge is 2.23. The van der Waals surface area contributed by atoms with E-state index in [1.165, 1.54) is 5.56 Å². The van der Waals surface area contributed by atoms with E-state index >= 15 is 0 Å². The summed E-state index contributed by atoms with van der Waals surface area (Å²) in [5.41, 5.74) is 2.05. The molecule has 5 heteroatoms. The van der Waals surface area contributed by atoms with Crippen LogP contribution in [0, 0.1) is 0 Å². The first-order valence-electron chi connectivity index (χ1n) is 8.91. The number of furan rings is 1. The molecule has 0 saturated carbocycles. The molecule has 25 heavy (non-hydrogen) atoms. The van der Waals surface area contributed by atoms with Gasteiger partial charge in [0.1, 0.15) is 5.76 Å². The van der Waals surface area contributed by atoms with Gasteiger partial charge in [0.25, 0.3) is 0 Å². The Labute approximate surface area is 149 Å². The number of benzene rings is 1. The summed E-state index contributed by atoms with van der Waals surface area (Å²) in [5, 5.41) is 2.98. The van der Waals surface area contributed by atoms with Crippen LogP contribution in [-0.2, 0) is 11.3 Å². The normalized spacial score (nSPS) is 17.0. The molecule has 2 heterocycles. The second-order valence-corrected chi connectivity index (χ2v) is 6.80. The Hall–Kier alpha value is -2.27. The van der Waals surface area contributed by atoms with Crippen molar-refractivity contribution in [3.05, 3.63) is 54.0 Å². The number of carbonyl (C=O) groups is 1. The Morgan fingerprint density at radius 3 is 2.68 bits per heavy atom. The van der Waals surface area contributed by atoms with Crippen LogP contribution >= 0.6 is 0 Å². The van der Waals surface area contributed by atoms with Gasteiger partial charge in [-0.2, -0.15) is 0 Å². The van der Waals surface area contributed by atoms with E-state index in [2.05, 4.69) is 31.3 Å². The molecule has 1 aliphatic heterocycles. The number of amides is 2. The minimum atomic E-state index is -0.135. The van der Waals surface area contributed by atoms with E-state index in [0.29, 0.717) is 19.0 Å². The Bertz CT molecular complexity index is 659. The van der Waals surface area contributed by atoms with Gasteiger partial charge < -0.3 is 19.4 Å². The van der Waals surface area contributed by atoms with E-state index in [1.54, 1.807) is 11.2 Å². The molecule has 2 aromatic rings. The van der Waals surface area contributed by atoms with Crippen LogP contribution in [0.1, 0.15) is 43.9 Å². The number of rotatable bonds is 6. The molecule has 3 rings (SSSR count). The average Bonchev–Trinajstić information content (AvgIpc) is 3.28. The number of ether oxygens (including phenoxy) is 1. The lowest BCUT2D eigenvalue weighted by Crippen LogP contribution is -2.39. The third-order valence-corrected chi connectivity index (χ3v) is 4.49. The Morgan fingerprint density at radius 1 is 1.28 bits per heavy atom. The molecule has 1 aliphatic rings. The van der Waals surface area contributed by atoms with Crippen LogP contribution < -0.4 is 5.32 Å². The zero-order valence-corrected chi connectivity index (χ0v) is 14.9. The second-order valence-electron chi connectivity index (χ2n) is 6.80. The molecular weight excluding hydrogens is 316 g/mol. The van der Waals surface area contributed by atoms with Crippen molar-refractivity contribution in [2.24, 2.45) is 0 Å². The predicted molar refractivity (Wildman–Crippen MR) is 97.6 cm³/mol. The van der Waals surface area contributed by atoms with Crippen LogP contribution in [-0.4, -0.2) is 30.2 Å². The molecule has 1 fully saturated rings. The van der Waals surface area contributed by atoms with Gasteiger partial charge in [0.15, 0.2) is 0 Å². The minimum Gasteiger partial charge on any atom is -0.467 e. The van der Waals surface area contributed by atoms with Gasteiger partial charge >= 0.3 is 6.03 Å². The summed E-state index contributed by atoms with van der Waals surface area (Å²) in [6.45, 7) is 6.08. The van der Waals surface area contributed by atoms with Crippen molar-refractivity contribution in [3.8, 4) is 0 Å². The molecule has 0 unspecified atom stereocenters. The highest BCUT2D eigenvalue weighted by molar-refractivity contribution is 5.89.